The lowest BCUT2D eigenvalue weighted by molar-refractivity contribution is -0.385. The fraction of sp³-hybridized carbons (Fsp3) is 0.333. The van der Waals surface area contributed by atoms with Crippen LogP contribution in [0.4, 0.5) is 11.4 Å². The highest BCUT2D eigenvalue weighted by Crippen LogP contribution is 3.17. The van der Waals surface area contributed by atoms with Gasteiger partial charge < -0.3 is 10.3 Å². The number of nitrogens with two attached hydrogens (primary N) is 1. The monoisotopic (exact) mass is 655 g/mol. The minimum Gasteiger partial charge on any atom is -0.433 e. The van der Waals surface area contributed by atoms with Crippen molar-refractivity contribution in [2.75, 3.05) is 5.73 Å². The molecule has 10 atom stereocenters. The van der Waals surface area contributed by atoms with Gasteiger partial charge in [0, 0.05) is 20.0 Å². The summed E-state index contributed by atoms with van der Waals surface area (Å²) in [5.74, 6) is -0.491. The third kappa shape index (κ3) is 6.91. The zero-order chi connectivity index (χ0) is 22.9. The maximum atomic E-state index is 13.3. The lowest BCUT2D eigenvalue weighted by atomic mass is 10.2. The van der Waals surface area contributed by atoms with Gasteiger partial charge in [0.25, 0.3) is 11.2 Å². The third-order valence-corrected chi connectivity index (χ3v) is 74.5. The number of nitrogen functional groups attached to an aromatic ring is 1. The summed E-state index contributed by atoms with van der Waals surface area (Å²) in [6.45, 7) is -2.62. The number of carbonyl (C=O) groups is 1. The zero-order valence-electron chi connectivity index (χ0n) is 15.3. The molecule has 0 spiro atoms. The van der Waals surface area contributed by atoms with Crippen molar-refractivity contribution >= 4 is 122 Å². The smallest absolute Gasteiger partial charge is 0.332 e. The molecule has 1 aliphatic rings. The molecule has 2 rings (SSSR count). The molecule has 0 aromatic carbocycles. The molecule has 10 unspecified atom stereocenters. The summed E-state index contributed by atoms with van der Waals surface area (Å²) in [5.41, 5.74) is 4.91. The summed E-state index contributed by atoms with van der Waals surface area (Å²) < 4.78 is 7.33. The summed E-state index contributed by atoms with van der Waals surface area (Å²) in [6.07, 6.45) is 0.547. The van der Waals surface area contributed by atoms with Crippen molar-refractivity contribution < 1.29 is 14.2 Å². The Bertz CT molecular complexity index is 873. The summed E-state index contributed by atoms with van der Waals surface area (Å²) in [7, 11) is 18.9. The highest BCUT2D eigenvalue weighted by molar-refractivity contribution is 9.19. The molecule has 2 N–H and O–H groups in total. The number of nitrogens with zero attached hydrogens (tertiary/aromatic N) is 2. The van der Waals surface area contributed by atoms with Crippen molar-refractivity contribution in [1.29, 1.82) is 0 Å². The van der Waals surface area contributed by atoms with Gasteiger partial charge in [-0.25, -0.2) is 4.79 Å². The average molecular weight is 655 g/mol. The molecule has 0 saturated heterocycles. The Kier molecular flexibility index (Phi) is 12.7. The number of fused-ring (bicyclic) bond motifs is 1. The third-order valence-electron chi connectivity index (χ3n) is 3.93. The lowest BCUT2D eigenvalue weighted by Gasteiger charge is -2.36. The Balaban J connectivity index is 2.44. The van der Waals surface area contributed by atoms with Gasteiger partial charge in [-0.1, -0.05) is 8.93 Å². The van der Waals surface area contributed by atoms with Crippen LogP contribution in [-0.4, -0.2) is 15.5 Å². The van der Waals surface area contributed by atoms with Crippen LogP contribution in [0.3, 0.4) is 0 Å². The van der Waals surface area contributed by atoms with E-state index in [0.29, 0.717) is 0 Å². The molecule has 0 fully saturated rings. The number of aromatic nitrogens is 1. The number of hydrogen-bond donors (Lipinski definition) is 1. The maximum Gasteiger partial charge on any atom is 0.332 e. The minimum absolute atomic E-state index is 0.226. The first kappa shape index (κ1) is 29.4. The highest BCUT2D eigenvalue weighted by Gasteiger charge is 2.42. The van der Waals surface area contributed by atoms with Crippen LogP contribution in [0, 0.1) is 10.1 Å². The Morgan fingerprint density at radius 1 is 1.17 bits per heavy atom. The number of rotatable bonds is 8. The van der Waals surface area contributed by atoms with E-state index in [4.69, 9.17) is 10.3 Å². The Hall–Kier alpha value is 3.21. The van der Waals surface area contributed by atoms with Crippen molar-refractivity contribution in [1.82, 2.24) is 4.57 Å². The van der Waals surface area contributed by atoms with Crippen LogP contribution in [0.5, 0.6) is 0 Å². The molecule has 0 amide bonds. The van der Waals surface area contributed by atoms with Crippen LogP contribution < -0.4 is 11.3 Å². The van der Waals surface area contributed by atoms with Gasteiger partial charge in [-0.05, 0) is 33.8 Å². The lowest BCUT2D eigenvalue weighted by Crippen LogP contribution is -2.30. The van der Waals surface area contributed by atoms with E-state index in [1.54, 1.807) is 0 Å². The number of pyridine rings is 1. The molecule has 1 aliphatic heterocycles. The van der Waals surface area contributed by atoms with E-state index in [1.807, 2.05) is 0 Å². The first-order chi connectivity index (χ1) is 13.9. The van der Waals surface area contributed by atoms with Crippen LogP contribution in [0.15, 0.2) is 10.9 Å². The van der Waals surface area contributed by atoms with Crippen molar-refractivity contribution in [2.45, 2.75) is 18.9 Å². The van der Waals surface area contributed by atoms with E-state index in [0.717, 1.165) is 6.07 Å². The molecule has 0 aliphatic carbocycles. The van der Waals surface area contributed by atoms with Crippen molar-refractivity contribution in [2.24, 2.45) is 0 Å². The Morgan fingerprint density at radius 2 is 1.73 bits per heavy atom. The SMILES string of the molecule is Nc1cc([N+](=O)[O-])c2n(c1=O)C(C(=O)OP(P(P)P(P)P)P(P(P)P)P(P)P)CC2. The Morgan fingerprint density at radius 3 is 2.20 bits per heavy atom. The van der Waals surface area contributed by atoms with Gasteiger partial charge in [-0.15, -0.1) is 53.6 Å². The second-order valence-electron chi connectivity index (χ2n) is 5.81. The second kappa shape index (κ2) is 13.0. The van der Waals surface area contributed by atoms with Crippen LogP contribution in [0.1, 0.15) is 18.2 Å². The van der Waals surface area contributed by atoms with Gasteiger partial charge in [-0.2, -0.15) is 0 Å². The molecular formula is C9H22N3O5P13. The van der Waals surface area contributed by atoms with Crippen molar-refractivity contribution in [3.63, 3.8) is 0 Å². The molecular weight excluding hydrogens is 633 g/mol. The van der Waals surface area contributed by atoms with E-state index >= 15 is 0 Å². The standard InChI is InChI=1S/C9H22N3O5P13/c10-4-3-7(12(15)16)5-1-2-6(11(5)8(4)13)9(14)17-25(29(24)26(18)19)30(27(20)21)28(22)23/h3,6H,1-2,10,18-24H2. The predicted molar refractivity (Wildman–Crippen MR) is 165 cm³/mol. The first-order valence-corrected chi connectivity index (χ1v) is 30.6. The second-order valence-corrected chi connectivity index (χ2v) is 54.6. The number of anilines is 1. The van der Waals surface area contributed by atoms with Crippen LogP contribution >= 0.6 is 105 Å². The number of nitro groups is 1. The molecule has 30 heavy (non-hydrogen) atoms. The molecule has 21 heteroatoms. The molecule has 0 bridgehead atoms. The molecule has 0 radical (unpaired) electrons. The summed E-state index contributed by atoms with van der Waals surface area (Å²) in [5, 5.41) is 11.4. The summed E-state index contributed by atoms with van der Waals surface area (Å²) in [6, 6.07) is 0.197. The van der Waals surface area contributed by atoms with E-state index in [-0.39, 0.29) is 29.9 Å². The normalized spacial score (nSPS) is 18.2. The molecule has 2 heterocycles. The number of carbonyl (C=O) groups excluding carboxylic acids is 1. The van der Waals surface area contributed by atoms with E-state index in [9.17, 15) is 19.7 Å². The topological polar surface area (TPSA) is 117 Å². The summed E-state index contributed by atoms with van der Waals surface area (Å²) >= 11 is 0. The van der Waals surface area contributed by atoms with Gasteiger partial charge in [-0.3, -0.25) is 19.5 Å². The minimum atomic E-state index is -1.06. The largest absolute Gasteiger partial charge is 0.433 e. The van der Waals surface area contributed by atoms with Gasteiger partial charge in [0.2, 0.25) is 0 Å². The molecule has 8 nitrogen and oxygen atoms in total. The quantitative estimate of drug-likeness (QED) is 0.179. The average Bonchev–Trinajstić information content (AvgIpc) is 3.07. The van der Waals surface area contributed by atoms with E-state index < -0.39 is 65.0 Å². The fourth-order valence-electron chi connectivity index (χ4n) is 2.73. The van der Waals surface area contributed by atoms with E-state index in [1.165, 1.54) is 4.57 Å². The molecule has 1 aromatic rings. The van der Waals surface area contributed by atoms with Crippen LogP contribution in [0.25, 0.3) is 0 Å². The van der Waals surface area contributed by atoms with Crippen LogP contribution in [-0.2, 0) is 15.7 Å². The number of hydrogen-bond acceptors (Lipinski definition) is 6. The Labute approximate surface area is 197 Å². The molecule has 1 aromatic heterocycles. The highest BCUT2D eigenvalue weighted by atomic mass is 33.2. The van der Waals surface area contributed by atoms with Crippen molar-refractivity contribution in [3.8, 4) is 0 Å². The van der Waals surface area contributed by atoms with Gasteiger partial charge in [0.15, 0.2) is 7.53 Å². The van der Waals surface area contributed by atoms with Gasteiger partial charge in [0.05, 0.1) is 4.92 Å². The molecule has 0 saturated carbocycles. The fourth-order valence-corrected chi connectivity index (χ4v) is 97.9. The molecule has 168 valence electrons. The van der Waals surface area contributed by atoms with Gasteiger partial charge >= 0.3 is 5.97 Å². The van der Waals surface area contributed by atoms with Crippen LogP contribution in [0.2, 0.25) is 0 Å². The maximum absolute atomic E-state index is 13.3. The summed E-state index contributed by atoms with van der Waals surface area (Å²) in [4.78, 5) is 36.7. The van der Waals surface area contributed by atoms with Crippen molar-refractivity contribution in [3.05, 3.63) is 32.2 Å². The van der Waals surface area contributed by atoms with Gasteiger partial charge in [0.1, 0.15) is 17.4 Å². The van der Waals surface area contributed by atoms with E-state index in [2.05, 4.69) is 62.5 Å². The predicted octanol–water partition coefficient (Wildman–Crippen LogP) is 7.28. The zero-order valence-corrected chi connectivity index (χ0v) is 28.8. The first-order valence-electron chi connectivity index (χ1n) is 7.81.